The summed E-state index contributed by atoms with van der Waals surface area (Å²) < 4.78 is 3.65. The van der Waals surface area contributed by atoms with Crippen LogP contribution < -0.4 is 5.32 Å². The molecule has 1 rings (SSSR count). The first-order valence-electron chi connectivity index (χ1n) is 23.3. The third kappa shape index (κ3) is 34.4. The van der Waals surface area contributed by atoms with E-state index in [2.05, 4.69) is 19.2 Å². The molecule has 1 heterocycles. The number of aliphatic hydroxyl groups is 2. The molecule has 1 saturated heterocycles. The van der Waals surface area contributed by atoms with Crippen molar-refractivity contribution in [1.82, 2.24) is 5.32 Å². The van der Waals surface area contributed by atoms with Crippen molar-refractivity contribution in [2.75, 3.05) is 13.3 Å². The van der Waals surface area contributed by atoms with Crippen molar-refractivity contribution >= 4 is 25.7 Å². The minimum Gasteiger partial charge on any atom is -0.0654 e. The van der Waals surface area contributed by atoms with Crippen LogP contribution in [0, 0.1) is 0 Å². The van der Waals surface area contributed by atoms with Gasteiger partial charge in [-0.15, -0.1) is 0 Å². The summed E-state index contributed by atoms with van der Waals surface area (Å²) in [5.41, 5.74) is 0. The topological polar surface area (TPSA) is 69.6 Å². The van der Waals surface area contributed by atoms with E-state index in [-0.39, 0.29) is 11.9 Å². The van der Waals surface area contributed by atoms with Crippen LogP contribution in [0.4, 0.5) is 0 Å². The van der Waals surface area contributed by atoms with Crippen molar-refractivity contribution in [2.24, 2.45) is 0 Å². The summed E-state index contributed by atoms with van der Waals surface area (Å²) in [7, 11) is 0. The Labute approximate surface area is 327 Å². The Morgan fingerprint density at radius 1 is 0.471 bits per heavy atom. The predicted molar refractivity (Wildman–Crippen MR) is 235 cm³/mol. The maximum atomic E-state index is 12.8. The summed E-state index contributed by atoms with van der Waals surface area (Å²) in [4.78, 5) is 12.8. The molecule has 0 radical (unpaired) electrons. The Balaban J connectivity index is 1.93. The van der Waals surface area contributed by atoms with Crippen LogP contribution in [0.1, 0.15) is 251 Å². The SMILES string of the molecule is CCCCCCCCCCCCCCCCCCCCCCCCCC(=O)NC(CI1CC1)[C@H](O)C(O)CCCCCCCCCCCCCC. The van der Waals surface area contributed by atoms with Gasteiger partial charge in [-0.25, -0.2) is 0 Å². The van der Waals surface area contributed by atoms with Crippen LogP contribution in [0.2, 0.25) is 0 Å². The van der Waals surface area contributed by atoms with Gasteiger partial charge in [0, 0.05) is 0 Å². The van der Waals surface area contributed by atoms with Gasteiger partial charge in [-0.1, -0.05) is 149 Å². The standard InChI is InChI=1S/C46H92INO3/c1-3-5-7-9-11-13-15-17-18-19-20-21-22-23-24-25-26-27-29-31-33-35-37-39-45(50)48-43(42-47-40-41-47)46(51)44(49)38-36-34-32-30-28-16-14-12-10-8-6-4-2/h43-44,46,49,51H,3-42H2,1-2H3,(H,48,50)/t43?,44?,46-/m0/s1. The van der Waals surface area contributed by atoms with E-state index in [1.165, 1.54) is 208 Å². The Kier molecular flexibility index (Phi) is 37.0. The minimum absolute atomic E-state index is 0.0813. The molecule has 1 amide bonds. The summed E-state index contributed by atoms with van der Waals surface area (Å²) in [6.45, 7) is 4.57. The summed E-state index contributed by atoms with van der Waals surface area (Å²) in [5.74, 6) is 0.0813. The first kappa shape index (κ1) is 49.1. The Bertz CT molecular complexity index is 717. The van der Waals surface area contributed by atoms with Gasteiger partial charge in [0.2, 0.25) is 0 Å². The average Bonchev–Trinajstić information content (AvgIpc) is 3.96. The zero-order valence-electron chi connectivity index (χ0n) is 34.7. The Morgan fingerprint density at radius 2 is 0.765 bits per heavy atom. The number of aliphatic hydroxyl groups excluding tert-OH is 2. The van der Waals surface area contributed by atoms with Gasteiger partial charge in [0.25, 0.3) is 0 Å². The van der Waals surface area contributed by atoms with E-state index in [4.69, 9.17) is 0 Å². The summed E-state index contributed by atoms with van der Waals surface area (Å²) in [5, 5.41) is 24.9. The molecule has 2 unspecified atom stereocenters. The number of amides is 1. The number of halogens is 1. The van der Waals surface area contributed by atoms with Crippen molar-refractivity contribution in [3.05, 3.63) is 0 Å². The number of rotatable bonds is 42. The fourth-order valence-corrected chi connectivity index (χ4v) is 12.8. The maximum absolute atomic E-state index is 12.8. The van der Waals surface area contributed by atoms with E-state index in [9.17, 15) is 15.0 Å². The molecule has 1 aliphatic rings. The number of unbranched alkanes of at least 4 members (excludes halogenated alkanes) is 33. The molecule has 0 aromatic heterocycles. The Morgan fingerprint density at radius 3 is 1.08 bits per heavy atom. The van der Waals surface area contributed by atoms with Crippen molar-refractivity contribution in [2.45, 2.75) is 270 Å². The zero-order valence-corrected chi connectivity index (χ0v) is 36.9. The second kappa shape index (κ2) is 38.4. The van der Waals surface area contributed by atoms with Crippen molar-refractivity contribution in [1.29, 1.82) is 0 Å². The molecule has 1 fully saturated rings. The average molecular weight is 834 g/mol. The quantitative estimate of drug-likeness (QED) is 0.0326. The van der Waals surface area contributed by atoms with E-state index in [1.54, 1.807) is 0 Å². The van der Waals surface area contributed by atoms with Crippen LogP contribution in [-0.2, 0) is 4.79 Å². The molecule has 0 spiro atoms. The third-order valence-corrected chi connectivity index (χ3v) is 16.2. The number of carbonyl (C=O) groups is 1. The summed E-state index contributed by atoms with van der Waals surface area (Å²) >= 11 is -0.929. The van der Waals surface area contributed by atoms with Crippen LogP contribution >= 0.6 is 19.8 Å². The number of carbonyl (C=O) groups excluding carboxylic acids is 1. The zero-order chi connectivity index (χ0) is 36.9. The molecule has 0 bridgehead atoms. The van der Waals surface area contributed by atoms with E-state index in [0.717, 1.165) is 30.1 Å². The normalized spacial score (nSPS) is 15.3. The predicted octanol–water partition coefficient (Wildman–Crippen LogP) is 14.2. The number of alkyl halides is 3. The number of nitrogens with one attached hydrogen (secondary N) is 1. The van der Waals surface area contributed by atoms with Gasteiger partial charge < -0.3 is 0 Å². The molecular weight excluding hydrogens is 741 g/mol. The third-order valence-electron chi connectivity index (χ3n) is 11.4. The Hall–Kier alpha value is 0.120. The fraction of sp³-hybridized carbons (Fsp3) is 0.978. The second-order valence-corrected chi connectivity index (χ2v) is 22.8. The minimum atomic E-state index is -0.929. The van der Waals surface area contributed by atoms with Crippen LogP contribution in [0.25, 0.3) is 0 Å². The van der Waals surface area contributed by atoms with Gasteiger partial charge in [0.1, 0.15) is 0 Å². The van der Waals surface area contributed by atoms with Crippen LogP contribution in [0.15, 0.2) is 0 Å². The number of hydrogen-bond donors (Lipinski definition) is 3. The molecule has 0 aliphatic carbocycles. The van der Waals surface area contributed by atoms with Crippen LogP contribution in [-0.4, -0.2) is 47.7 Å². The molecule has 51 heavy (non-hydrogen) atoms. The van der Waals surface area contributed by atoms with E-state index >= 15 is 0 Å². The van der Waals surface area contributed by atoms with Gasteiger partial charge in [-0.05, 0) is 0 Å². The van der Waals surface area contributed by atoms with Gasteiger partial charge >= 0.3 is 180 Å². The van der Waals surface area contributed by atoms with E-state index in [1.807, 2.05) is 0 Å². The van der Waals surface area contributed by atoms with Gasteiger partial charge in [-0.2, -0.15) is 0 Å². The molecular formula is C46H92INO3. The first-order valence-corrected chi connectivity index (χ1v) is 27.9. The summed E-state index contributed by atoms with van der Waals surface area (Å²) in [6, 6.07) is -0.234. The monoisotopic (exact) mass is 834 g/mol. The van der Waals surface area contributed by atoms with Gasteiger partial charge in [-0.3, -0.25) is 0 Å². The molecule has 0 aromatic rings. The molecule has 1 aliphatic heterocycles. The molecule has 5 heteroatoms. The van der Waals surface area contributed by atoms with E-state index in [0.29, 0.717) is 12.8 Å². The van der Waals surface area contributed by atoms with Gasteiger partial charge in [0.15, 0.2) is 0 Å². The van der Waals surface area contributed by atoms with Gasteiger partial charge in [0.05, 0.1) is 0 Å². The second-order valence-electron chi connectivity index (χ2n) is 16.5. The number of hydrogen-bond acceptors (Lipinski definition) is 3. The fourth-order valence-electron chi connectivity index (χ4n) is 7.64. The molecule has 306 valence electrons. The van der Waals surface area contributed by atoms with Crippen LogP contribution in [0.3, 0.4) is 0 Å². The van der Waals surface area contributed by atoms with E-state index < -0.39 is 32.0 Å². The van der Waals surface area contributed by atoms with Crippen LogP contribution in [0.5, 0.6) is 0 Å². The van der Waals surface area contributed by atoms with Crippen molar-refractivity contribution in [3.8, 4) is 0 Å². The van der Waals surface area contributed by atoms with Crippen molar-refractivity contribution in [3.63, 3.8) is 0 Å². The van der Waals surface area contributed by atoms with Crippen molar-refractivity contribution < 1.29 is 15.0 Å². The molecule has 3 N–H and O–H groups in total. The smallest absolute Gasteiger partial charge is 0.0654 e. The summed E-state index contributed by atoms with van der Waals surface area (Å²) in [6.07, 6.45) is 47.0. The molecule has 3 atom stereocenters. The molecule has 4 nitrogen and oxygen atoms in total. The molecule has 0 aromatic carbocycles. The first-order chi connectivity index (χ1) is 25.1. The molecule has 0 saturated carbocycles.